The fourth-order valence-electron chi connectivity index (χ4n) is 1.97. The van der Waals surface area contributed by atoms with Gasteiger partial charge in [-0.2, -0.15) is 4.72 Å². The molecule has 1 aromatic rings. The lowest BCUT2D eigenvalue weighted by Crippen LogP contribution is -2.46. The third-order valence-electron chi connectivity index (χ3n) is 3.11. The normalized spacial score (nSPS) is 12.9. The summed E-state index contributed by atoms with van der Waals surface area (Å²) in [6.45, 7) is 4.14. The van der Waals surface area contributed by atoms with Crippen LogP contribution in [0.25, 0.3) is 0 Å². The minimum Gasteiger partial charge on any atom is -0.494 e. The van der Waals surface area contributed by atoms with Crippen LogP contribution in [0.15, 0.2) is 29.2 Å². The number of halogens is 1. The van der Waals surface area contributed by atoms with Crippen molar-refractivity contribution in [2.24, 2.45) is 5.92 Å². The Balaban J connectivity index is 2.83. The highest BCUT2D eigenvalue weighted by molar-refractivity contribution is 7.89. The van der Waals surface area contributed by atoms with Crippen molar-refractivity contribution in [2.45, 2.75) is 37.6 Å². The number of ether oxygens (including phenoxy) is 1. The van der Waals surface area contributed by atoms with E-state index in [2.05, 4.69) is 4.72 Å². The minimum absolute atomic E-state index is 0.00619. The lowest BCUT2D eigenvalue weighted by Gasteiger charge is -2.18. The molecule has 0 aliphatic heterocycles. The van der Waals surface area contributed by atoms with Crippen LogP contribution in [0.5, 0.6) is 5.75 Å². The number of carbonyl (C=O) groups is 1. The second-order valence-electron chi connectivity index (χ2n) is 5.64. The third-order valence-corrected chi connectivity index (χ3v) is 4.87. The SMILES string of the molecule is CC(C)C[C@@H](NS(=O)(=O)c1ccc(OCCCCl)cc1)C(=O)NO. The number of benzene rings is 1. The third kappa shape index (κ3) is 6.64. The first-order chi connectivity index (χ1) is 11.3. The van der Waals surface area contributed by atoms with E-state index in [-0.39, 0.29) is 17.2 Å². The smallest absolute Gasteiger partial charge is 0.261 e. The van der Waals surface area contributed by atoms with Crippen LogP contribution < -0.4 is 14.9 Å². The van der Waals surface area contributed by atoms with Crippen molar-refractivity contribution in [3.05, 3.63) is 24.3 Å². The predicted molar refractivity (Wildman–Crippen MR) is 90.8 cm³/mol. The van der Waals surface area contributed by atoms with E-state index in [0.29, 0.717) is 24.7 Å². The summed E-state index contributed by atoms with van der Waals surface area (Å²) in [7, 11) is -3.90. The van der Waals surface area contributed by atoms with Gasteiger partial charge in [-0.3, -0.25) is 10.0 Å². The zero-order valence-corrected chi connectivity index (χ0v) is 15.2. The van der Waals surface area contributed by atoms with Crippen LogP contribution in [0.3, 0.4) is 0 Å². The quantitative estimate of drug-likeness (QED) is 0.249. The highest BCUT2D eigenvalue weighted by Gasteiger charge is 2.26. The molecule has 24 heavy (non-hydrogen) atoms. The van der Waals surface area contributed by atoms with Gasteiger partial charge in [-0.25, -0.2) is 13.9 Å². The van der Waals surface area contributed by atoms with Crippen molar-refractivity contribution in [2.75, 3.05) is 12.5 Å². The molecule has 7 nitrogen and oxygen atoms in total. The molecular weight excluding hydrogens is 356 g/mol. The van der Waals surface area contributed by atoms with Gasteiger partial charge in [0.05, 0.1) is 11.5 Å². The fourth-order valence-corrected chi connectivity index (χ4v) is 3.29. The first-order valence-electron chi connectivity index (χ1n) is 7.55. The number of alkyl halides is 1. The molecule has 0 unspecified atom stereocenters. The van der Waals surface area contributed by atoms with Crippen molar-refractivity contribution in [1.29, 1.82) is 0 Å². The van der Waals surface area contributed by atoms with Gasteiger partial charge in [0.1, 0.15) is 11.8 Å². The summed E-state index contributed by atoms with van der Waals surface area (Å²) in [6.07, 6.45) is 0.946. The van der Waals surface area contributed by atoms with E-state index in [1.54, 1.807) is 0 Å². The number of hydrogen-bond donors (Lipinski definition) is 3. The van der Waals surface area contributed by atoms with Crippen LogP contribution in [-0.2, 0) is 14.8 Å². The lowest BCUT2D eigenvalue weighted by atomic mass is 10.0. The molecule has 1 amide bonds. The summed E-state index contributed by atoms with van der Waals surface area (Å²) in [5.74, 6) is 0.285. The number of rotatable bonds is 10. The molecule has 0 aliphatic rings. The molecule has 0 aromatic heterocycles. The zero-order valence-electron chi connectivity index (χ0n) is 13.7. The molecule has 1 aromatic carbocycles. The number of carbonyl (C=O) groups excluding carboxylic acids is 1. The van der Waals surface area contributed by atoms with Crippen LogP contribution in [-0.4, -0.2) is 38.1 Å². The average molecular weight is 379 g/mol. The summed E-state index contributed by atoms with van der Waals surface area (Å²) in [4.78, 5) is 11.6. The summed E-state index contributed by atoms with van der Waals surface area (Å²) in [5.41, 5.74) is 1.49. The van der Waals surface area contributed by atoms with Crippen LogP contribution in [0.4, 0.5) is 0 Å². The van der Waals surface area contributed by atoms with E-state index in [4.69, 9.17) is 21.5 Å². The minimum atomic E-state index is -3.90. The number of hydrogen-bond acceptors (Lipinski definition) is 5. The average Bonchev–Trinajstić information content (AvgIpc) is 2.53. The van der Waals surface area contributed by atoms with Crippen molar-refractivity contribution in [3.8, 4) is 5.75 Å². The molecule has 0 saturated heterocycles. The molecule has 1 rings (SSSR count). The molecular formula is C15H23ClN2O5S. The van der Waals surface area contributed by atoms with Crippen LogP contribution in [0.1, 0.15) is 26.7 Å². The van der Waals surface area contributed by atoms with Crippen LogP contribution in [0, 0.1) is 5.92 Å². The Morgan fingerprint density at radius 3 is 2.42 bits per heavy atom. The summed E-state index contributed by atoms with van der Waals surface area (Å²) >= 11 is 5.56. The maximum atomic E-state index is 12.4. The van der Waals surface area contributed by atoms with Crippen molar-refractivity contribution in [1.82, 2.24) is 10.2 Å². The Morgan fingerprint density at radius 1 is 1.29 bits per heavy atom. The topological polar surface area (TPSA) is 105 Å². The molecule has 0 aliphatic carbocycles. The van der Waals surface area contributed by atoms with E-state index in [9.17, 15) is 13.2 Å². The van der Waals surface area contributed by atoms with E-state index in [1.807, 2.05) is 13.8 Å². The monoisotopic (exact) mass is 378 g/mol. The Labute approximate surface area is 147 Å². The second kappa shape index (κ2) is 9.83. The van der Waals surface area contributed by atoms with E-state index in [0.717, 1.165) is 0 Å². The molecule has 9 heteroatoms. The summed E-state index contributed by atoms with van der Waals surface area (Å²) in [5, 5.41) is 8.76. The van der Waals surface area contributed by atoms with Gasteiger partial charge >= 0.3 is 0 Å². The van der Waals surface area contributed by atoms with Crippen LogP contribution >= 0.6 is 11.6 Å². The highest BCUT2D eigenvalue weighted by atomic mass is 35.5. The van der Waals surface area contributed by atoms with Gasteiger partial charge in [-0.05, 0) is 43.0 Å². The molecule has 0 heterocycles. The van der Waals surface area contributed by atoms with Gasteiger partial charge < -0.3 is 4.74 Å². The van der Waals surface area contributed by atoms with Crippen molar-refractivity contribution >= 4 is 27.5 Å². The molecule has 0 spiro atoms. The van der Waals surface area contributed by atoms with Gasteiger partial charge in [-0.1, -0.05) is 13.8 Å². The van der Waals surface area contributed by atoms with Crippen molar-refractivity contribution in [3.63, 3.8) is 0 Å². The maximum Gasteiger partial charge on any atom is 0.261 e. The lowest BCUT2D eigenvalue weighted by molar-refractivity contribution is -0.131. The standard InChI is InChI=1S/C15H23ClN2O5S/c1-11(2)10-14(15(19)17-20)18-24(21,22)13-6-4-12(5-7-13)23-9-3-8-16/h4-7,11,14,18,20H,3,8-10H2,1-2H3,(H,17,19)/t14-/m1/s1. The van der Waals surface area contributed by atoms with Gasteiger partial charge in [0.2, 0.25) is 10.0 Å². The highest BCUT2D eigenvalue weighted by Crippen LogP contribution is 2.17. The van der Waals surface area contributed by atoms with Gasteiger partial charge in [0.15, 0.2) is 0 Å². The Kier molecular flexibility index (Phi) is 8.47. The number of nitrogens with one attached hydrogen (secondary N) is 2. The molecule has 136 valence electrons. The van der Waals surface area contributed by atoms with Gasteiger partial charge in [0, 0.05) is 5.88 Å². The molecule has 0 bridgehead atoms. The van der Waals surface area contributed by atoms with E-state index >= 15 is 0 Å². The largest absolute Gasteiger partial charge is 0.494 e. The van der Waals surface area contributed by atoms with Gasteiger partial charge in [0.25, 0.3) is 5.91 Å². The van der Waals surface area contributed by atoms with Crippen LogP contribution in [0.2, 0.25) is 0 Å². The maximum absolute atomic E-state index is 12.4. The van der Waals surface area contributed by atoms with E-state index in [1.165, 1.54) is 29.7 Å². The molecule has 0 saturated carbocycles. The Morgan fingerprint density at radius 2 is 1.92 bits per heavy atom. The Hall–Kier alpha value is -1.35. The number of amides is 1. The number of hydroxylamine groups is 1. The fraction of sp³-hybridized carbons (Fsp3) is 0.533. The number of sulfonamides is 1. The molecule has 1 atom stereocenters. The zero-order chi connectivity index (χ0) is 18.2. The predicted octanol–water partition coefficient (Wildman–Crippen LogP) is 1.89. The van der Waals surface area contributed by atoms with Crippen molar-refractivity contribution < 1.29 is 23.2 Å². The summed E-state index contributed by atoms with van der Waals surface area (Å²) in [6, 6.07) is 4.79. The molecule has 0 radical (unpaired) electrons. The molecule has 3 N–H and O–H groups in total. The second-order valence-corrected chi connectivity index (χ2v) is 7.73. The summed E-state index contributed by atoms with van der Waals surface area (Å²) < 4.78 is 32.5. The first kappa shape index (κ1) is 20.7. The molecule has 0 fully saturated rings. The van der Waals surface area contributed by atoms with E-state index < -0.39 is 22.0 Å². The Bertz CT molecular complexity index is 619. The first-order valence-corrected chi connectivity index (χ1v) is 9.57. The van der Waals surface area contributed by atoms with Gasteiger partial charge in [-0.15, -0.1) is 11.6 Å².